The average molecular weight is 241 g/mol. The van der Waals surface area contributed by atoms with E-state index >= 15 is 0 Å². The Kier molecular flexibility index (Phi) is 3.76. The minimum Gasteiger partial charge on any atom is -0.323 e. The molecule has 0 saturated heterocycles. The molecule has 0 radical (unpaired) electrons. The zero-order chi connectivity index (χ0) is 12.5. The van der Waals surface area contributed by atoms with E-state index in [0.29, 0.717) is 0 Å². The number of nitrogens with two attached hydrogens (primary N) is 1. The van der Waals surface area contributed by atoms with Crippen LogP contribution < -0.4 is 5.73 Å². The highest BCUT2D eigenvalue weighted by atomic mass is 32.2. The smallest absolute Gasteiger partial charge is 0.149 e. The Hall–Kier alpha value is -0.870. The molecule has 16 heavy (non-hydrogen) atoms. The normalized spacial score (nSPS) is 13.8. The second-order valence-corrected chi connectivity index (χ2v) is 6.70. The minimum atomic E-state index is -3.04. The van der Waals surface area contributed by atoms with Crippen molar-refractivity contribution in [2.45, 2.75) is 26.8 Å². The number of hydrogen-bond acceptors (Lipinski definition) is 3. The molecule has 0 aliphatic rings. The number of aryl methyl sites for hydroxylation is 3. The lowest BCUT2D eigenvalue weighted by Crippen LogP contribution is -2.22. The summed E-state index contributed by atoms with van der Waals surface area (Å²) in [6, 6.07) is 3.63. The van der Waals surface area contributed by atoms with Crippen molar-refractivity contribution in [1.82, 2.24) is 0 Å². The summed E-state index contributed by atoms with van der Waals surface area (Å²) in [7, 11) is -3.04. The summed E-state index contributed by atoms with van der Waals surface area (Å²) >= 11 is 0. The molecule has 0 heterocycles. The van der Waals surface area contributed by atoms with Crippen molar-refractivity contribution in [2.24, 2.45) is 5.73 Å². The van der Waals surface area contributed by atoms with E-state index in [4.69, 9.17) is 5.73 Å². The summed E-state index contributed by atoms with van der Waals surface area (Å²) in [5, 5.41) is 0. The fraction of sp³-hybridized carbons (Fsp3) is 0.500. The lowest BCUT2D eigenvalue weighted by Gasteiger charge is -2.17. The Labute approximate surface area is 97.6 Å². The van der Waals surface area contributed by atoms with E-state index in [-0.39, 0.29) is 5.75 Å². The van der Waals surface area contributed by atoms with Crippen molar-refractivity contribution in [3.63, 3.8) is 0 Å². The zero-order valence-electron chi connectivity index (χ0n) is 10.2. The van der Waals surface area contributed by atoms with Crippen molar-refractivity contribution in [3.05, 3.63) is 34.4 Å². The zero-order valence-corrected chi connectivity index (χ0v) is 11.1. The molecule has 1 atom stereocenters. The topological polar surface area (TPSA) is 60.2 Å². The van der Waals surface area contributed by atoms with Crippen molar-refractivity contribution in [2.75, 3.05) is 12.0 Å². The van der Waals surface area contributed by atoms with E-state index < -0.39 is 15.9 Å². The Morgan fingerprint density at radius 2 is 1.62 bits per heavy atom. The molecular weight excluding hydrogens is 222 g/mol. The van der Waals surface area contributed by atoms with Crippen molar-refractivity contribution in [1.29, 1.82) is 0 Å². The van der Waals surface area contributed by atoms with Crippen LogP contribution in [0.2, 0.25) is 0 Å². The Balaban J connectivity index is 3.14. The molecule has 1 rings (SSSR count). The van der Waals surface area contributed by atoms with Gasteiger partial charge in [-0.25, -0.2) is 8.42 Å². The number of sulfone groups is 1. The van der Waals surface area contributed by atoms with Gasteiger partial charge in [0, 0.05) is 12.3 Å². The van der Waals surface area contributed by atoms with E-state index in [0.717, 1.165) is 16.7 Å². The van der Waals surface area contributed by atoms with Gasteiger partial charge in [-0.3, -0.25) is 0 Å². The molecular formula is C12H19NO2S. The second kappa shape index (κ2) is 4.55. The van der Waals surface area contributed by atoms with Gasteiger partial charge in [-0.15, -0.1) is 0 Å². The summed E-state index contributed by atoms with van der Waals surface area (Å²) in [5.74, 6) is -0.00224. The fourth-order valence-corrected chi connectivity index (χ4v) is 3.00. The highest BCUT2D eigenvalue weighted by molar-refractivity contribution is 7.90. The van der Waals surface area contributed by atoms with E-state index in [2.05, 4.69) is 0 Å². The van der Waals surface area contributed by atoms with E-state index in [1.54, 1.807) is 0 Å². The van der Waals surface area contributed by atoms with Crippen LogP contribution in [0.4, 0.5) is 0 Å². The van der Waals surface area contributed by atoms with Crippen LogP contribution in [-0.2, 0) is 9.84 Å². The van der Waals surface area contributed by atoms with Crippen LogP contribution in [0.15, 0.2) is 12.1 Å². The maximum absolute atomic E-state index is 11.2. The Morgan fingerprint density at radius 1 is 1.19 bits per heavy atom. The average Bonchev–Trinajstić information content (AvgIpc) is 1.96. The van der Waals surface area contributed by atoms with Crippen LogP contribution in [0, 0.1) is 20.8 Å². The standard InChI is InChI=1S/C12H19NO2S/c1-8-5-9(2)12(10(3)6-8)11(13)7-16(4,14)15/h5-6,11H,7,13H2,1-4H3. The number of hydrogen-bond donors (Lipinski definition) is 1. The lowest BCUT2D eigenvalue weighted by molar-refractivity contribution is 0.594. The highest BCUT2D eigenvalue weighted by Gasteiger charge is 2.17. The molecule has 2 N–H and O–H groups in total. The van der Waals surface area contributed by atoms with Crippen LogP contribution >= 0.6 is 0 Å². The van der Waals surface area contributed by atoms with Gasteiger partial charge < -0.3 is 5.73 Å². The van der Waals surface area contributed by atoms with Gasteiger partial charge in [0.1, 0.15) is 9.84 Å². The maximum Gasteiger partial charge on any atom is 0.149 e. The molecule has 1 aromatic carbocycles. The molecule has 0 aliphatic carbocycles. The molecule has 90 valence electrons. The molecule has 1 aromatic rings. The molecule has 3 nitrogen and oxygen atoms in total. The summed E-state index contributed by atoms with van der Waals surface area (Å²) in [5.41, 5.74) is 10.2. The van der Waals surface area contributed by atoms with Gasteiger partial charge in [0.15, 0.2) is 0 Å². The van der Waals surface area contributed by atoms with Crippen molar-refractivity contribution >= 4 is 9.84 Å². The summed E-state index contributed by atoms with van der Waals surface area (Å²) < 4.78 is 22.4. The molecule has 0 amide bonds. The molecule has 0 bridgehead atoms. The van der Waals surface area contributed by atoms with Crippen LogP contribution in [0.25, 0.3) is 0 Å². The van der Waals surface area contributed by atoms with Gasteiger partial charge in [0.25, 0.3) is 0 Å². The summed E-state index contributed by atoms with van der Waals surface area (Å²) in [6.07, 6.45) is 1.21. The van der Waals surface area contributed by atoms with E-state index in [1.807, 2.05) is 32.9 Å². The molecule has 0 aliphatic heterocycles. The molecule has 1 unspecified atom stereocenters. The lowest BCUT2D eigenvalue weighted by atomic mass is 9.95. The highest BCUT2D eigenvalue weighted by Crippen LogP contribution is 2.22. The third-order valence-electron chi connectivity index (χ3n) is 2.59. The van der Waals surface area contributed by atoms with Crippen LogP contribution in [0.3, 0.4) is 0 Å². The molecule has 0 aromatic heterocycles. The predicted octanol–water partition coefficient (Wildman–Crippen LogP) is 1.66. The number of benzene rings is 1. The first-order chi connectivity index (χ1) is 7.20. The first-order valence-electron chi connectivity index (χ1n) is 5.22. The van der Waals surface area contributed by atoms with Crippen molar-refractivity contribution in [3.8, 4) is 0 Å². The monoisotopic (exact) mass is 241 g/mol. The Morgan fingerprint density at radius 3 is 2.00 bits per heavy atom. The van der Waals surface area contributed by atoms with Crippen LogP contribution in [0.1, 0.15) is 28.3 Å². The minimum absolute atomic E-state index is 0.00224. The SMILES string of the molecule is Cc1cc(C)c(C(N)CS(C)(=O)=O)c(C)c1. The number of rotatable bonds is 3. The van der Waals surface area contributed by atoms with Crippen LogP contribution in [-0.4, -0.2) is 20.4 Å². The summed E-state index contributed by atoms with van der Waals surface area (Å²) in [6.45, 7) is 5.96. The van der Waals surface area contributed by atoms with Gasteiger partial charge in [-0.2, -0.15) is 0 Å². The van der Waals surface area contributed by atoms with Gasteiger partial charge in [0.05, 0.1) is 5.75 Å². The van der Waals surface area contributed by atoms with Gasteiger partial charge in [0.2, 0.25) is 0 Å². The van der Waals surface area contributed by atoms with Crippen LogP contribution in [0.5, 0.6) is 0 Å². The third kappa shape index (κ3) is 3.32. The van der Waals surface area contributed by atoms with E-state index in [1.165, 1.54) is 11.8 Å². The second-order valence-electron chi connectivity index (χ2n) is 4.51. The van der Waals surface area contributed by atoms with Gasteiger partial charge >= 0.3 is 0 Å². The van der Waals surface area contributed by atoms with Gasteiger partial charge in [-0.05, 0) is 37.5 Å². The summed E-state index contributed by atoms with van der Waals surface area (Å²) in [4.78, 5) is 0. The first-order valence-corrected chi connectivity index (χ1v) is 7.28. The molecule has 0 fully saturated rings. The molecule has 0 spiro atoms. The third-order valence-corrected chi connectivity index (χ3v) is 3.56. The van der Waals surface area contributed by atoms with E-state index in [9.17, 15) is 8.42 Å². The largest absolute Gasteiger partial charge is 0.323 e. The Bertz CT molecular complexity index is 469. The molecule has 0 saturated carbocycles. The van der Waals surface area contributed by atoms with Gasteiger partial charge in [-0.1, -0.05) is 17.7 Å². The maximum atomic E-state index is 11.2. The molecule has 4 heteroatoms. The van der Waals surface area contributed by atoms with Crippen molar-refractivity contribution < 1.29 is 8.42 Å². The quantitative estimate of drug-likeness (QED) is 0.875. The predicted molar refractivity (Wildman–Crippen MR) is 67.3 cm³/mol. The first kappa shape index (κ1) is 13.2. The fourth-order valence-electron chi connectivity index (χ4n) is 2.19.